The SMILES string of the molecule is C[C@@H](N)c1ccc(N2CC(=O)NC(=O)C2)cc1Br. The van der Waals surface area contributed by atoms with Crippen LogP contribution in [0.3, 0.4) is 0 Å². The molecule has 1 fully saturated rings. The van der Waals surface area contributed by atoms with Crippen LogP contribution in [0.5, 0.6) is 0 Å². The summed E-state index contributed by atoms with van der Waals surface area (Å²) in [6.07, 6.45) is 0. The molecule has 1 heterocycles. The van der Waals surface area contributed by atoms with Crippen LogP contribution in [0.1, 0.15) is 18.5 Å². The molecule has 96 valence electrons. The van der Waals surface area contributed by atoms with E-state index in [1.165, 1.54) is 0 Å². The van der Waals surface area contributed by atoms with Crippen molar-refractivity contribution in [2.75, 3.05) is 18.0 Å². The van der Waals surface area contributed by atoms with Gasteiger partial charge in [-0.2, -0.15) is 0 Å². The van der Waals surface area contributed by atoms with Crippen LogP contribution < -0.4 is 16.0 Å². The lowest BCUT2D eigenvalue weighted by Gasteiger charge is -2.28. The van der Waals surface area contributed by atoms with Gasteiger partial charge in [0.25, 0.3) is 0 Å². The first-order valence-corrected chi connectivity index (χ1v) is 6.39. The molecular formula is C12H14BrN3O2. The lowest BCUT2D eigenvalue weighted by atomic mass is 10.1. The molecule has 1 aromatic rings. The second-order valence-corrected chi connectivity index (χ2v) is 5.18. The Morgan fingerprint density at radius 2 is 1.94 bits per heavy atom. The number of imide groups is 1. The van der Waals surface area contributed by atoms with Crippen molar-refractivity contribution in [3.63, 3.8) is 0 Å². The molecule has 18 heavy (non-hydrogen) atoms. The second-order valence-electron chi connectivity index (χ2n) is 4.32. The Kier molecular flexibility index (Phi) is 3.68. The third-order valence-corrected chi connectivity index (χ3v) is 3.47. The monoisotopic (exact) mass is 311 g/mol. The molecule has 1 aliphatic heterocycles. The lowest BCUT2D eigenvalue weighted by molar-refractivity contribution is -0.130. The predicted octanol–water partition coefficient (Wildman–Crippen LogP) is 0.932. The molecule has 2 amide bonds. The topological polar surface area (TPSA) is 75.4 Å². The Bertz CT molecular complexity index is 486. The summed E-state index contributed by atoms with van der Waals surface area (Å²) in [5, 5.41) is 2.27. The van der Waals surface area contributed by atoms with Crippen LogP contribution in [0.15, 0.2) is 22.7 Å². The molecule has 0 saturated carbocycles. The summed E-state index contributed by atoms with van der Waals surface area (Å²) in [5.74, 6) is -0.558. The molecule has 0 radical (unpaired) electrons. The molecule has 3 N–H and O–H groups in total. The van der Waals surface area contributed by atoms with Gasteiger partial charge in [0.2, 0.25) is 11.8 Å². The smallest absolute Gasteiger partial charge is 0.246 e. The van der Waals surface area contributed by atoms with Crippen molar-refractivity contribution < 1.29 is 9.59 Å². The maximum absolute atomic E-state index is 11.3. The van der Waals surface area contributed by atoms with E-state index in [2.05, 4.69) is 21.2 Å². The van der Waals surface area contributed by atoms with Gasteiger partial charge in [-0.1, -0.05) is 22.0 Å². The zero-order valence-corrected chi connectivity index (χ0v) is 11.5. The number of nitrogens with one attached hydrogen (secondary N) is 1. The number of benzene rings is 1. The summed E-state index contributed by atoms with van der Waals surface area (Å²) < 4.78 is 0.883. The van der Waals surface area contributed by atoms with Crippen molar-refractivity contribution in [2.24, 2.45) is 5.73 Å². The Labute approximate surface area is 113 Å². The van der Waals surface area contributed by atoms with Crippen molar-refractivity contribution in [3.8, 4) is 0 Å². The van der Waals surface area contributed by atoms with Gasteiger partial charge in [0, 0.05) is 16.2 Å². The predicted molar refractivity (Wildman–Crippen MR) is 72.1 cm³/mol. The largest absolute Gasteiger partial charge is 0.353 e. The molecule has 1 aromatic carbocycles. The maximum Gasteiger partial charge on any atom is 0.246 e. The van der Waals surface area contributed by atoms with E-state index in [-0.39, 0.29) is 30.9 Å². The minimum absolute atomic E-state index is 0.0697. The van der Waals surface area contributed by atoms with E-state index in [4.69, 9.17) is 5.73 Å². The Hall–Kier alpha value is -1.40. The number of halogens is 1. The number of hydrogen-bond acceptors (Lipinski definition) is 4. The summed E-state index contributed by atoms with van der Waals surface area (Å²) in [6, 6.07) is 5.58. The van der Waals surface area contributed by atoms with E-state index in [1.807, 2.05) is 25.1 Å². The molecule has 6 heteroatoms. The first-order valence-electron chi connectivity index (χ1n) is 5.60. The summed E-state index contributed by atoms with van der Waals surface area (Å²) in [5.41, 5.74) is 7.65. The Balaban J connectivity index is 2.26. The van der Waals surface area contributed by atoms with Crippen molar-refractivity contribution >= 4 is 33.4 Å². The number of rotatable bonds is 2. The zero-order chi connectivity index (χ0) is 13.3. The van der Waals surface area contributed by atoms with Crippen molar-refractivity contribution in [1.82, 2.24) is 5.32 Å². The Morgan fingerprint density at radius 1 is 1.33 bits per heavy atom. The van der Waals surface area contributed by atoms with Crippen molar-refractivity contribution in [3.05, 3.63) is 28.2 Å². The van der Waals surface area contributed by atoms with Crippen LogP contribution in [0.4, 0.5) is 5.69 Å². The van der Waals surface area contributed by atoms with Gasteiger partial charge in [-0.25, -0.2) is 0 Å². The second kappa shape index (κ2) is 5.07. The van der Waals surface area contributed by atoms with E-state index in [0.29, 0.717) is 0 Å². The highest BCUT2D eigenvalue weighted by atomic mass is 79.9. The third-order valence-electron chi connectivity index (χ3n) is 2.79. The van der Waals surface area contributed by atoms with Crippen LogP contribution in [0.25, 0.3) is 0 Å². The highest BCUT2D eigenvalue weighted by molar-refractivity contribution is 9.10. The van der Waals surface area contributed by atoms with Crippen molar-refractivity contribution in [1.29, 1.82) is 0 Å². The van der Waals surface area contributed by atoms with Crippen LogP contribution in [-0.2, 0) is 9.59 Å². The minimum Gasteiger partial charge on any atom is -0.353 e. The van der Waals surface area contributed by atoms with Gasteiger partial charge in [-0.05, 0) is 24.6 Å². The number of hydrogen-bond donors (Lipinski definition) is 2. The van der Waals surface area contributed by atoms with Gasteiger partial charge >= 0.3 is 0 Å². The summed E-state index contributed by atoms with van der Waals surface area (Å²) in [4.78, 5) is 24.4. The molecule has 0 unspecified atom stereocenters. The van der Waals surface area contributed by atoms with Gasteiger partial charge < -0.3 is 10.6 Å². The van der Waals surface area contributed by atoms with E-state index in [9.17, 15) is 9.59 Å². The quantitative estimate of drug-likeness (QED) is 0.797. The lowest BCUT2D eigenvalue weighted by Crippen LogP contribution is -2.51. The zero-order valence-electron chi connectivity index (χ0n) is 9.94. The number of nitrogens with zero attached hydrogens (tertiary/aromatic N) is 1. The van der Waals surface area contributed by atoms with Gasteiger partial charge in [-0.3, -0.25) is 14.9 Å². The van der Waals surface area contributed by atoms with Crippen molar-refractivity contribution in [2.45, 2.75) is 13.0 Å². The van der Waals surface area contributed by atoms with Gasteiger partial charge in [-0.15, -0.1) is 0 Å². The highest BCUT2D eigenvalue weighted by Crippen LogP contribution is 2.27. The summed E-state index contributed by atoms with van der Waals surface area (Å²) >= 11 is 3.45. The average Bonchev–Trinajstić information content (AvgIpc) is 2.26. The van der Waals surface area contributed by atoms with Gasteiger partial charge in [0.15, 0.2) is 0 Å². The number of carbonyl (C=O) groups is 2. The summed E-state index contributed by atoms with van der Waals surface area (Å²) in [7, 11) is 0. The van der Waals surface area contributed by atoms with Crippen LogP contribution >= 0.6 is 15.9 Å². The molecule has 0 spiro atoms. The first kappa shape index (κ1) is 13.0. The molecule has 1 atom stereocenters. The van der Waals surface area contributed by atoms with E-state index in [1.54, 1.807) is 4.90 Å². The van der Waals surface area contributed by atoms with Crippen LogP contribution in [0.2, 0.25) is 0 Å². The van der Waals surface area contributed by atoms with Gasteiger partial charge in [0.1, 0.15) is 0 Å². The first-order chi connectivity index (χ1) is 8.47. The molecule has 5 nitrogen and oxygen atoms in total. The molecular weight excluding hydrogens is 298 g/mol. The third kappa shape index (κ3) is 2.70. The molecule has 0 bridgehead atoms. The number of nitrogens with two attached hydrogens (primary N) is 1. The Morgan fingerprint density at radius 3 is 2.44 bits per heavy atom. The van der Waals surface area contributed by atoms with E-state index in [0.717, 1.165) is 15.7 Å². The molecule has 2 rings (SSSR count). The molecule has 1 aliphatic rings. The fourth-order valence-corrected chi connectivity index (χ4v) is 2.63. The highest BCUT2D eigenvalue weighted by Gasteiger charge is 2.23. The maximum atomic E-state index is 11.3. The van der Waals surface area contributed by atoms with E-state index >= 15 is 0 Å². The van der Waals surface area contributed by atoms with Crippen LogP contribution in [0, 0.1) is 0 Å². The van der Waals surface area contributed by atoms with Gasteiger partial charge in [0.05, 0.1) is 13.1 Å². The van der Waals surface area contributed by atoms with E-state index < -0.39 is 0 Å². The summed E-state index contributed by atoms with van der Waals surface area (Å²) in [6.45, 7) is 2.28. The average molecular weight is 312 g/mol. The molecule has 0 aliphatic carbocycles. The standard InChI is InChI=1S/C12H14BrN3O2/c1-7(14)9-3-2-8(4-10(9)13)16-5-11(17)15-12(18)6-16/h2-4,7H,5-6,14H2,1H3,(H,15,17,18)/t7-/m1/s1. The number of amides is 2. The number of anilines is 1. The van der Waals surface area contributed by atoms with Crippen LogP contribution in [-0.4, -0.2) is 24.9 Å². The number of piperazine rings is 1. The normalized spacial score (nSPS) is 17.6. The fraction of sp³-hybridized carbons (Fsp3) is 0.333. The fourth-order valence-electron chi connectivity index (χ4n) is 1.90. The minimum atomic E-state index is -0.279. The number of carbonyl (C=O) groups excluding carboxylic acids is 2. The molecule has 0 aromatic heterocycles. The molecule has 1 saturated heterocycles.